The van der Waals surface area contributed by atoms with Crippen LogP contribution in [0, 0.1) is 0 Å². The lowest BCUT2D eigenvalue weighted by atomic mass is 10.8. The second-order valence-corrected chi connectivity index (χ2v) is 1.01. The van der Waals surface area contributed by atoms with E-state index in [9.17, 15) is 4.79 Å². The Morgan fingerprint density at radius 1 is 2.00 bits per heavy atom. The van der Waals surface area contributed by atoms with E-state index in [-0.39, 0.29) is 6.23 Å². The fraction of sp³-hybridized carbons (Fsp3) is 0.667. The summed E-state index contributed by atoms with van der Waals surface area (Å²) in [7, 11) is 0. The molecule has 1 aliphatic heterocycles. The van der Waals surface area contributed by atoms with E-state index in [1.54, 1.807) is 0 Å². The molecule has 1 atom stereocenters. The number of hydrogen-bond donors (Lipinski definition) is 0. The lowest BCUT2D eigenvalue weighted by Crippen LogP contribution is -1.69. The summed E-state index contributed by atoms with van der Waals surface area (Å²) >= 11 is 0. The maximum atomic E-state index is 9.28. The van der Waals surface area contributed by atoms with Crippen molar-refractivity contribution < 1.29 is 9.53 Å². The molecular weight excluding hydrogens is 82.0 g/mol. The Balaban J connectivity index is 2.33. The highest BCUT2D eigenvalue weighted by Crippen LogP contribution is 2.07. The van der Waals surface area contributed by atoms with Crippen LogP contribution in [0.1, 0.15) is 0 Å². The molecule has 6 heavy (non-hydrogen) atoms. The summed E-state index contributed by atoms with van der Waals surface area (Å²) in [6, 6.07) is 0. The van der Waals surface area contributed by atoms with Crippen LogP contribution in [0.5, 0.6) is 0 Å². The number of carbonyl (C=O) groups excluding carboxylic acids is 1. The number of ether oxygens (including phenoxy) is 1. The average Bonchev–Trinajstić information content (AvgIpc) is 2.21. The Kier molecular flexibility index (Phi) is 0.708. The molecule has 1 rings (SSSR count). The molecule has 0 bridgehead atoms. The largest absolute Gasteiger partial charge is 0.348 e. The molecule has 1 saturated heterocycles. The van der Waals surface area contributed by atoms with Crippen LogP contribution in [-0.4, -0.2) is 18.9 Å². The molecule has 0 aromatic heterocycles. The predicted molar refractivity (Wildman–Crippen MR) is 17.9 cm³/mol. The third-order valence-electron chi connectivity index (χ3n) is 0.512. The number of aliphatic imine (C=N–C) groups is 1. The molecule has 0 aliphatic carbocycles. The van der Waals surface area contributed by atoms with E-state index in [4.69, 9.17) is 0 Å². The van der Waals surface area contributed by atoms with Crippen molar-refractivity contribution in [2.24, 2.45) is 4.99 Å². The molecule has 0 amide bonds. The molecule has 0 N–H and O–H groups in total. The van der Waals surface area contributed by atoms with Crippen LogP contribution in [0.25, 0.3) is 0 Å². The van der Waals surface area contributed by atoms with Crippen LogP contribution in [0.15, 0.2) is 4.99 Å². The zero-order chi connectivity index (χ0) is 4.41. The first-order chi connectivity index (χ1) is 2.93. The molecule has 0 aromatic carbocycles. The van der Waals surface area contributed by atoms with E-state index in [1.807, 2.05) is 0 Å². The van der Waals surface area contributed by atoms with Gasteiger partial charge in [0.25, 0.3) is 0 Å². The standard InChI is InChI=1S/C3H3NO2/c5-2-4-3-1-6-3/h3H,1H2. The minimum Gasteiger partial charge on any atom is -0.348 e. The first-order valence-electron chi connectivity index (χ1n) is 1.62. The van der Waals surface area contributed by atoms with Crippen molar-refractivity contribution in [1.29, 1.82) is 0 Å². The van der Waals surface area contributed by atoms with Crippen molar-refractivity contribution in [3.63, 3.8) is 0 Å². The van der Waals surface area contributed by atoms with Crippen molar-refractivity contribution in [3.05, 3.63) is 0 Å². The molecule has 3 heteroatoms. The van der Waals surface area contributed by atoms with E-state index in [0.717, 1.165) is 0 Å². The minimum absolute atomic E-state index is 0.150. The van der Waals surface area contributed by atoms with Crippen LogP contribution in [0.3, 0.4) is 0 Å². The summed E-state index contributed by atoms with van der Waals surface area (Å²) in [6.45, 7) is 0.592. The lowest BCUT2D eigenvalue weighted by molar-refractivity contribution is 0.414. The summed E-state index contributed by atoms with van der Waals surface area (Å²) in [5.74, 6) is 0. The molecule has 1 fully saturated rings. The van der Waals surface area contributed by atoms with Gasteiger partial charge in [-0.25, -0.2) is 4.79 Å². The van der Waals surface area contributed by atoms with Crippen molar-refractivity contribution in [2.75, 3.05) is 6.61 Å². The Hall–Kier alpha value is -0.660. The number of epoxide rings is 1. The van der Waals surface area contributed by atoms with Gasteiger partial charge in [-0.05, 0) is 0 Å². The number of nitrogens with zero attached hydrogens (tertiary/aromatic N) is 1. The summed E-state index contributed by atoms with van der Waals surface area (Å²) in [4.78, 5) is 12.5. The van der Waals surface area contributed by atoms with Gasteiger partial charge in [0.1, 0.15) is 0 Å². The average molecular weight is 85.1 g/mol. The van der Waals surface area contributed by atoms with Gasteiger partial charge in [0, 0.05) is 0 Å². The minimum atomic E-state index is -0.150. The smallest absolute Gasteiger partial charge is 0.237 e. The zero-order valence-corrected chi connectivity index (χ0v) is 3.05. The number of isocyanates is 1. The number of rotatable bonds is 1. The van der Waals surface area contributed by atoms with Crippen LogP contribution in [-0.2, 0) is 9.53 Å². The highest BCUT2D eigenvalue weighted by atomic mass is 16.6. The summed E-state index contributed by atoms with van der Waals surface area (Å²) in [5.41, 5.74) is 0. The number of hydrogen-bond acceptors (Lipinski definition) is 3. The van der Waals surface area contributed by atoms with E-state index < -0.39 is 0 Å². The third kappa shape index (κ3) is 0.641. The third-order valence-corrected chi connectivity index (χ3v) is 0.512. The van der Waals surface area contributed by atoms with Gasteiger partial charge in [0.15, 0.2) is 6.23 Å². The molecule has 32 valence electrons. The molecule has 0 spiro atoms. The van der Waals surface area contributed by atoms with Crippen molar-refractivity contribution in [3.8, 4) is 0 Å². The van der Waals surface area contributed by atoms with Crippen LogP contribution >= 0.6 is 0 Å². The first-order valence-corrected chi connectivity index (χ1v) is 1.62. The Labute approximate surface area is 34.6 Å². The summed E-state index contributed by atoms with van der Waals surface area (Å²) in [5, 5.41) is 0. The quantitative estimate of drug-likeness (QED) is 0.249. The second-order valence-electron chi connectivity index (χ2n) is 1.01. The zero-order valence-electron chi connectivity index (χ0n) is 3.05. The van der Waals surface area contributed by atoms with E-state index in [2.05, 4.69) is 9.73 Å². The Bertz CT molecular complexity index is 91.0. The molecule has 3 nitrogen and oxygen atoms in total. The van der Waals surface area contributed by atoms with Gasteiger partial charge < -0.3 is 4.74 Å². The fourth-order valence-corrected chi connectivity index (χ4v) is 0.176. The van der Waals surface area contributed by atoms with Gasteiger partial charge in [-0.1, -0.05) is 0 Å². The first kappa shape index (κ1) is 3.53. The van der Waals surface area contributed by atoms with Crippen LogP contribution in [0.4, 0.5) is 0 Å². The highest BCUT2D eigenvalue weighted by molar-refractivity contribution is 5.33. The van der Waals surface area contributed by atoms with Crippen LogP contribution in [0.2, 0.25) is 0 Å². The molecule has 1 heterocycles. The van der Waals surface area contributed by atoms with E-state index >= 15 is 0 Å². The Morgan fingerprint density at radius 2 is 2.67 bits per heavy atom. The van der Waals surface area contributed by atoms with Gasteiger partial charge in [-0.3, -0.25) is 0 Å². The lowest BCUT2D eigenvalue weighted by Gasteiger charge is -1.59. The van der Waals surface area contributed by atoms with Crippen LogP contribution < -0.4 is 0 Å². The van der Waals surface area contributed by atoms with Crippen molar-refractivity contribution in [2.45, 2.75) is 6.23 Å². The van der Waals surface area contributed by atoms with E-state index in [0.29, 0.717) is 6.61 Å². The Morgan fingerprint density at radius 3 is 2.83 bits per heavy atom. The van der Waals surface area contributed by atoms with Gasteiger partial charge in [-0.15, -0.1) is 0 Å². The fourth-order valence-electron chi connectivity index (χ4n) is 0.176. The molecule has 1 aliphatic rings. The predicted octanol–water partition coefficient (Wildman–Crippen LogP) is -0.322. The molecule has 0 saturated carbocycles. The maximum absolute atomic E-state index is 9.28. The summed E-state index contributed by atoms with van der Waals surface area (Å²) < 4.78 is 4.52. The summed E-state index contributed by atoms with van der Waals surface area (Å²) in [6.07, 6.45) is 1.23. The van der Waals surface area contributed by atoms with Gasteiger partial charge in [0.05, 0.1) is 6.61 Å². The molecule has 0 aromatic rings. The normalized spacial score (nSPS) is 28.3. The van der Waals surface area contributed by atoms with Crippen molar-refractivity contribution in [1.82, 2.24) is 0 Å². The molecular formula is C3H3NO2. The van der Waals surface area contributed by atoms with Crippen molar-refractivity contribution >= 4 is 6.08 Å². The topological polar surface area (TPSA) is 42.0 Å². The molecule has 1 unspecified atom stereocenters. The molecule has 0 radical (unpaired) electrons. The SMILES string of the molecule is O=C=NC1CO1. The van der Waals surface area contributed by atoms with Gasteiger partial charge >= 0.3 is 0 Å². The second kappa shape index (κ2) is 1.20. The van der Waals surface area contributed by atoms with E-state index in [1.165, 1.54) is 6.08 Å². The van der Waals surface area contributed by atoms with Gasteiger partial charge in [-0.2, -0.15) is 4.99 Å². The highest BCUT2D eigenvalue weighted by Gasteiger charge is 2.20. The monoisotopic (exact) mass is 85.0 g/mol. The maximum Gasteiger partial charge on any atom is 0.237 e. The van der Waals surface area contributed by atoms with Gasteiger partial charge in [0.2, 0.25) is 6.08 Å².